The molecule has 0 unspecified atom stereocenters. The summed E-state index contributed by atoms with van der Waals surface area (Å²) in [7, 11) is 1.57. The van der Waals surface area contributed by atoms with E-state index in [4.69, 9.17) is 26.2 Å². The molecule has 0 amide bonds. The van der Waals surface area contributed by atoms with E-state index in [1.54, 1.807) is 13.2 Å². The van der Waals surface area contributed by atoms with Crippen molar-refractivity contribution in [1.29, 1.82) is 0 Å². The summed E-state index contributed by atoms with van der Waals surface area (Å²) in [4.78, 5) is 11.0. The third-order valence-corrected chi connectivity index (χ3v) is 3.84. The van der Waals surface area contributed by atoms with Crippen LogP contribution in [0.5, 0.6) is 11.5 Å². The lowest BCUT2D eigenvalue weighted by molar-refractivity contribution is -0.137. The van der Waals surface area contributed by atoms with Crippen LogP contribution >= 0.6 is 11.6 Å². The van der Waals surface area contributed by atoms with Crippen LogP contribution in [0.1, 0.15) is 38.7 Å². The lowest BCUT2D eigenvalue weighted by Crippen LogP contribution is -2.14. The summed E-state index contributed by atoms with van der Waals surface area (Å²) in [6.07, 6.45) is 1.79. The summed E-state index contributed by atoms with van der Waals surface area (Å²) in [6, 6.07) is 3.54. The molecule has 0 saturated heterocycles. The van der Waals surface area contributed by atoms with Gasteiger partial charge < -0.3 is 14.6 Å². The number of methoxy groups -OCH3 is 1. The van der Waals surface area contributed by atoms with Gasteiger partial charge in [-0.15, -0.1) is 0 Å². The van der Waals surface area contributed by atoms with E-state index in [1.165, 1.54) is 0 Å². The van der Waals surface area contributed by atoms with Crippen LogP contribution in [-0.4, -0.2) is 24.3 Å². The topological polar surface area (TPSA) is 55.8 Å². The van der Waals surface area contributed by atoms with Crippen molar-refractivity contribution >= 4 is 17.6 Å². The fourth-order valence-electron chi connectivity index (χ4n) is 2.43. The highest BCUT2D eigenvalue weighted by molar-refractivity contribution is 6.31. The average molecular weight is 299 g/mol. The van der Waals surface area contributed by atoms with Gasteiger partial charge in [-0.25, -0.2) is 0 Å². The molecule has 0 atom stereocenters. The van der Waals surface area contributed by atoms with E-state index in [1.807, 2.05) is 19.9 Å². The zero-order valence-corrected chi connectivity index (χ0v) is 12.7. The third kappa shape index (κ3) is 3.01. The first-order valence-corrected chi connectivity index (χ1v) is 7.02. The number of hydrogen-bond acceptors (Lipinski definition) is 3. The first-order valence-electron chi connectivity index (χ1n) is 6.64. The van der Waals surface area contributed by atoms with Crippen LogP contribution in [0.15, 0.2) is 12.1 Å². The Hall–Kier alpha value is -1.42. The van der Waals surface area contributed by atoms with Crippen molar-refractivity contribution in [2.45, 2.75) is 44.6 Å². The van der Waals surface area contributed by atoms with Gasteiger partial charge in [0.15, 0.2) is 11.5 Å². The molecule has 0 aromatic heterocycles. The summed E-state index contributed by atoms with van der Waals surface area (Å²) < 4.78 is 11.0. The van der Waals surface area contributed by atoms with E-state index in [-0.39, 0.29) is 17.9 Å². The zero-order valence-electron chi connectivity index (χ0n) is 11.9. The van der Waals surface area contributed by atoms with Crippen molar-refractivity contribution < 1.29 is 19.4 Å². The molecule has 1 N–H and O–H groups in total. The van der Waals surface area contributed by atoms with Crippen molar-refractivity contribution in [2.24, 2.45) is 0 Å². The number of aliphatic carboxylic acids is 1. The highest BCUT2D eigenvalue weighted by Gasteiger charge is 2.47. The van der Waals surface area contributed by atoms with Crippen LogP contribution in [0.2, 0.25) is 5.02 Å². The summed E-state index contributed by atoms with van der Waals surface area (Å²) in [5.41, 5.74) is 0.501. The van der Waals surface area contributed by atoms with Gasteiger partial charge in [0.1, 0.15) is 0 Å². The predicted octanol–water partition coefficient (Wildman–Crippen LogP) is 3.64. The number of carboxylic acid groups (broad SMARTS) is 1. The molecule has 20 heavy (non-hydrogen) atoms. The Balaban J connectivity index is 2.38. The lowest BCUT2D eigenvalue weighted by Gasteiger charge is -2.19. The summed E-state index contributed by atoms with van der Waals surface area (Å²) in [5.74, 6) is 0.372. The van der Waals surface area contributed by atoms with E-state index in [0.717, 1.165) is 18.4 Å². The second-order valence-corrected chi connectivity index (χ2v) is 5.91. The molecule has 0 bridgehead atoms. The van der Waals surface area contributed by atoms with Crippen LogP contribution < -0.4 is 9.47 Å². The lowest BCUT2D eigenvalue weighted by atomic mass is 9.92. The van der Waals surface area contributed by atoms with Gasteiger partial charge >= 0.3 is 5.97 Å². The molecule has 5 heteroatoms. The minimum atomic E-state index is -0.806. The second-order valence-electron chi connectivity index (χ2n) is 5.50. The molecule has 1 saturated carbocycles. The normalized spacial score (nSPS) is 16.1. The number of benzene rings is 1. The van der Waals surface area contributed by atoms with Gasteiger partial charge in [0.25, 0.3) is 0 Å². The van der Waals surface area contributed by atoms with Gasteiger partial charge in [-0.1, -0.05) is 11.6 Å². The van der Waals surface area contributed by atoms with Crippen LogP contribution in [0, 0.1) is 0 Å². The maximum Gasteiger partial charge on any atom is 0.304 e. The van der Waals surface area contributed by atoms with E-state index in [9.17, 15) is 4.79 Å². The minimum absolute atomic E-state index is 0.0136. The Morgan fingerprint density at radius 1 is 1.40 bits per heavy atom. The molecule has 0 heterocycles. The molecule has 0 aliphatic heterocycles. The molecule has 4 nitrogen and oxygen atoms in total. The Labute approximate surface area is 123 Å². The van der Waals surface area contributed by atoms with E-state index >= 15 is 0 Å². The van der Waals surface area contributed by atoms with Crippen LogP contribution in [0.4, 0.5) is 0 Å². The Morgan fingerprint density at radius 3 is 2.50 bits per heavy atom. The average Bonchev–Trinajstić information content (AvgIpc) is 3.08. The maximum absolute atomic E-state index is 11.0. The Bertz CT molecular complexity index is 521. The number of carbonyl (C=O) groups is 1. The smallest absolute Gasteiger partial charge is 0.304 e. The number of carboxylic acids is 1. The predicted molar refractivity (Wildman–Crippen MR) is 76.9 cm³/mol. The summed E-state index contributed by atoms with van der Waals surface area (Å²) in [5, 5.41) is 9.58. The molecule has 0 radical (unpaired) electrons. The van der Waals surface area contributed by atoms with Gasteiger partial charge in [0.2, 0.25) is 0 Å². The fraction of sp³-hybridized carbons (Fsp3) is 0.533. The summed E-state index contributed by atoms with van der Waals surface area (Å²) >= 11 is 6.32. The van der Waals surface area contributed by atoms with Gasteiger partial charge in [0.05, 0.1) is 19.6 Å². The molecule has 1 fully saturated rings. The third-order valence-electron chi connectivity index (χ3n) is 3.53. The first kappa shape index (κ1) is 15.0. The standard InChI is InChI=1S/C15H19ClO4/c1-9(2)20-13-7-11(16)10(6-12(13)19-3)15(4-5-15)8-14(17)18/h6-7,9H,4-5,8H2,1-3H3,(H,17,18). The van der Waals surface area contributed by atoms with E-state index < -0.39 is 5.97 Å². The quantitative estimate of drug-likeness (QED) is 0.871. The molecule has 1 aromatic carbocycles. The second kappa shape index (κ2) is 5.52. The number of rotatable bonds is 6. The van der Waals surface area contributed by atoms with Crippen LogP contribution in [-0.2, 0) is 10.2 Å². The molecular weight excluding hydrogens is 280 g/mol. The van der Waals surface area contributed by atoms with Gasteiger partial charge in [-0.05, 0) is 38.3 Å². The van der Waals surface area contributed by atoms with Crippen molar-refractivity contribution in [3.8, 4) is 11.5 Å². The highest BCUT2D eigenvalue weighted by Crippen LogP contribution is 2.54. The largest absolute Gasteiger partial charge is 0.493 e. The Morgan fingerprint density at radius 2 is 2.05 bits per heavy atom. The van der Waals surface area contributed by atoms with Crippen LogP contribution in [0.25, 0.3) is 0 Å². The maximum atomic E-state index is 11.0. The monoisotopic (exact) mass is 298 g/mol. The molecule has 1 aromatic rings. The zero-order chi connectivity index (χ0) is 14.9. The van der Waals surface area contributed by atoms with Crippen molar-refractivity contribution in [3.63, 3.8) is 0 Å². The van der Waals surface area contributed by atoms with E-state index in [0.29, 0.717) is 16.5 Å². The number of hydrogen-bond donors (Lipinski definition) is 1. The van der Waals surface area contributed by atoms with Gasteiger partial charge in [-0.2, -0.15) is 0 Å². The molecular formula is C15H19ClO4. The van der Waals surface area contributed by atoms with Crippen molar-refractivity contribution in [1.82, 2.24) is 0 Å². The van der Waals surface area contributed by atoms with Crippen molar-refractivity contribution in [3.05, 3.63) is 22.7 Å². The van der Waals surface area contributed by atoms with E-state index in [2.05, 4.69) is 0 Å². The van der Waals surface area contributed by atoms with Crippen molar-refractivity contribution in [2.75, 3.05) is 7.11 Å². The minimum Gasteiger partial charge on any atom is -0.493 e. The first-order chi connectivity index (χ1) is 9.38. The molecule has 2 rings (SSSR count). The van der Waals surface area contributed by atoms with Crippen LogP contribution in [0.3, 0.4) is 0 Å². The summed E-state index contributed by atoms with van der Waals surface area (Å²) in [6.45, 7) is 3.85. The molecule has 1 aliphatic carbocycles. The molecule has 1 aliphatic rings. The highest BCUT2D eigenvalue weighted by atomic mass is 35.5. The van der Waals surface area contributed by atoms with Gasteiger partial charge in [-0.3, -0.25) is 4.79 Å². The SMILES string of the molecule is COc1cc(C2(CC(=O)O)CC2)c(Cl)cc1OC(C)C. The number of halogens is 1. The molecule has 110 valence electrons. The van der Waals surface area contributed by atoms with Gasteiger partial charge in [0, 0.05) is 16.5 Å². The molecule has 0 spiro atoms. The Kier molecular flexibility index (Phi) is 4.14. The fourth-order valence-corrected chi connectivity index (χ4v) is 2.78. The number of ether oxygens (including phenoxy) is 2.